The molecule has 2 heteroatoms. The van der Waals surface area contributed by atoms with E-state index < -0.39 is 5.60 Å². The van der Waals surface area contributed by atoms with Crippen LogP contribution in [0.15, 0.2) is 0 Å². The minimum atomic E-state index is -0.417. The molecule has 2 N–H and O–H groups in total. The molecule has 2 fully saturated rings. The molecule has 2 rings (SSSR count). The molecule has 2 unspecified atom stereocenters. The van der Waals surface area contributed by atoms with E-state index in [4.69, 9.17) is 0 Å². The van der Waals surface area contributed by atoms with E-state index >= 15 is 0 Å². The Morgan fingerprint density at radius 3 is 2.33 bits per heavy atom. The van der Waals surface area contributed by atoms with Crippen molar-refractivity contribution in [1.29, 1.82) is 0 Å². The molecule has 0 bridgehead atoms. The summed E-state index contributed by atoms with van der Waals surface area (Å²) < 4.78 is 0. The van der Waals surface area contributed by atoms with E-state index in [1.165, 1.54) is 57.8 Å². The first kappa shape index (κ1) is 14.3. The third kappa shape index (κ3) is 4.55. The molecule has 2 atom stereocenters. The van der Waals surface area contributed by atoms with Crippen molar-refractivity contribution in [2.75, 3.05) is 6.54 Å². The van der Waals surface area contributed by atoms with Crippen molar-refractivity contribution in [3.05, 3.63) is 0 Å². The van der Waals surface area contributed by atoms with Crippen molar-refractivity contribution in [2.24, 2.45) is 5.92 Å². The van der Waals surface area contributed by atoms with Crippen LogP contribution in [-0.4, -0.2) is 23.3 Å². The van der Waals surface area contributed by atoms with Gasteiger partial charge in [-0.05, 0) is 31.6 Å². The molecule has 2 nitrogen and oxygen atoms in total. The van der Waals surface area contributed by atoms with E-state index in [2.05, 4.69) is 12.2 Å². The number of aliphatic hydroxyl groups is 1. The Bertz CT molecular complexity index is 235. The molecule has 0 saturated heterocycles. The lowest BCUT2D eigenvalue weighted by Crippen LogP contribution is -2.47. The fourth-order valence-corrected chi connectivity index (χ4v) is 3.79. The summed E-state index contributed by atoms with van der Waals surface area (Å²) in [7, 11) is 0. The fraction of sp³-hybridized carbons (Fsp3) is 1.00. The van der Waals surface area contributed by atoms with Gasteiger partial charge in [-0.3, -0.25) is 0 Å². The Labute approximate surface area is 113 Å². The van der Waals surface area contributed by atoms with E-state index in [9.17, 15) is 5.11 Å². The van der Waals surface area contributed by atoms with Crippen LogP contribution < -0.4 is 5.32 Å². The summed E-state index contributed by atoms with van der Waals surface area (Å²) in [5.74, 6) is 0.697. The molecule has 0 aromatic heterocycles. The zero-order chi connectivity index (χ0) is 12.8. The second kappa shape index (κ2) is 6.91. The monoisotopic (exact) mass is 253 g/mol. The highest BCUT2D eigenvalue weighted by atomic mass is 16.3. The van der Waals surface area contributed by atoms with Gasteiger partial charge in [-0.25, -0.2) is 0 Å². The fourth-order valence-electron chi connectivity index (χ4n) is 3.79. The molecule has 0 aromatic carbocycles. The number of nitrogens with one attached hydrogen (secondary N) is 1. The second-order valence-electron chi connectivity index (χ2n) is 6.85. The van der Waals surface area contributed by atoms with Crippen LogP contribution in [0.4, 0.5) is 0 Å². The predicted molar refractivity (Wildman–Crippen MR) is 76.7 cm³/mol. The van der Waals surface area contributed by atoms with Gasteiger partial charge in [0, 0.05) is 12.6 Å². The Hall–Kier alpha value is -0.0800. The maximum Gasteiger partial charge on any atom is 0.0774 e. The Morgan fingerprint density at radius 2 is 1.67 bits per heavy atom. The molecule has 0 radical (unpaired) electrons. The van der Waals surface area contributed by atoms with E-state index in [-0.39, 0.29) is 0 Å². The summed E-state index contributed by atoms with van der Waals surface area (Å²) in [5.41, 5.74) is -0.417. The van der Waals surface area contributed by atoms with Crippen molar-refractivity contribution in [1.82, 2.24) is 5.32 Å². The van der Waals surface area contributed by atoms with Gasteiger partial charge in [0.2, 0.25) is 0 Å². The van der Waals surface area contributed by atoms with Crippen LogP contribution in [0, 0.1) is 5.92 Å². The van der Waals surface area contributed by atoms with Gasteiger partial charge >= 0.3 is 0 Å². The van der Waals surface area contributed by atoms with Gasteiger partial charge < -0.3 is 10.4 Å². The van der Waals surface area contributed by atoms with Crippen LogP contribution in [0.2, 0.25) is 0 Å². The molecule has 0 aromatic rings. The maximum absolute atomic E-state index is 10.6. The zero-order valence-corrected chi connectivity index (χ0v) is 12.1. The molecule has 2 saturated carbocycles. The molecule has 0 aliphatic heterocycles. The Morgan fingerprint density at radius 1 is 1.00 bits per heavy atom. The molecule has 0 spiro atoms. The van der Waals surface area contributed by atoms with E-state index in [0.29, 0.717) is 12.0 Å². The van der Waals surface area contributed by atoms with Crippen molar-refractivity contribution < 1.29 is 5.11 Å². The standard InChI is InChI=1S/C16H31NO/c1-14-8-7-11-16(18,12-14)13-17-15-9-5-3-2-4-6-10-15/h14-15,17-18H,2-13H2,1H3. The summed E-state index contributed by atoms with van der Waals surface area (Å²) >= 11 is 0. The normalized spacial score (nSPS) is 36.0. The average Bonchev–Trinajstić information content (AvgIpc) is 2.27. The summed E-state index contributed by atoms with van der Waals surface area (Å²) in [6.45, 7) is 3.10. The second-order valence-corrected chi connectivity index (χ2v) is 6.85. The van der Waals surface area contributed by atoms with Crippen LogP contribution in [0.1, 0.15) is 77.6 Å². The summed E-state index contributed by atoms with van der Waals surface area (Å²) in [5, 5.41) is 14.3. The lowest BCUT2D eigenvalue weighted by atomic mass is 9.78. The number of hydrogen-bond acceptors (Lipinski definition) is 2. The topological polar surface area (TPSA) is 32.3 Å². The molecular formula is C16H31NO. The Balaban J connectivity index is 1.74. The van der Waals surface area contributed by atoms with E-state index in [0.717, 1.165) is 19.4 Å². The predicted octanol–water partition coefficient (Wildman–Crippen LogP) is 3.63. The quantitative estimate of drug-likeness (QED) is 0.805. The third-order valence-corrected chi connectivity index (χ3v) is 4.89. The number of hydrogen-bond donors (Lipinski definition) is 2. The first-order chi connectivity index (χ1) is 8.68. The average molecular weight is 253 g/mol. The van der Waals surface area contributed by atoms with Gasteiger partial charge in [-0.15, -0.1) is 0 Å². The van der Waals surface area contributed by atoms with Crippen LogP contribution in [-0.2, 0) is 0 Å². The smallest absolute Gasteiger partial charge is 0.0774 e. The molecule has 2 aliphatic carbocycles. The van der Waals surface area contributed by atoms with Gasteiger partial charge in [0.1, 0.15) is 0 Å². The molecule has 0 heterocycles. The van der Waals surface area contributed by atoms with Crippen LogP contribution in [0.5, 0.6) is 0 Å². The minimum Gasteiger partial charge on any atom is -0.389 e. The number of rotatable bonds is 3. The van der Waals surface area contributed by atoms with E-state index in [1.807, 2.05) is 0 Å². The zero-order valence-electron chi connectivity index (χ0n) is 12.1. The van der Waals surface area contributed by atoms with Gasteiger partial charge in [0.15, 0.2) is 0 Å². The largest absolute Gasteiger partial charge is 0.389 e. The molecule has 18 heavy (non-hydrogen) atoms. The summed E-state index contributed by atoms with van der Waals surface area (Å²) in [6, 6.07) is 0.659. The SMILES string of the molecule is CC1CCCC(O)(CNC2CCCCCCC2)C1. The summed E-state index contributed by atoms with van der Waals surface area (Å²) in [4.78, 5) is 0. The lowest BCUT2D eigenvalue weighted by Gasteiger charge is -2.37. The highest BCUT2D eigenvalue weighted by molar-refractivity contribution is 4.88. The molecule has 2 aliphatic rings. The molecule has 106 valence electrons. The van der Waals surface area contributed by atoms with Crippen molar-refractivity contribution >= 4 is 0 Å². The molecule has 0 amide bonds. The van der Waals surface area contributed by atoms with Crippen molar-refractivity contribution in [3.8, 4) is 0 Å². The highest BCUT2D eigenvalue weighted by Gasteiger charge is 2.32. The van der Waals surface area contributed by atoms with Crippen LogP contribution in [0.3, 0.4) is 0 Å². The lowest BCUT2D eigenvalue weighted by molar-refractivity contribution is -0.0142. The van der Waals surface area contributed by atoms with Crippen LogP contribution in [0.25, 0.3) is 0 Å². The first-order valence-corrected chi connectivity index (χ1v) is 8.14. The van der Waals surface area contributed by atoms with Gasteiger partial charge in [0.05, 0.1) is 5.60 Å². The van der Waals surface area contributed by atoms with Gasteiger partial charge in [-0.1, -0.05) is 51.9 Å². The first-order valence-electron chi connectivity index (χ1n) is 8.14. The minimum absolute atomic E-state index is 0.417. The van der Waals surface area contributed by atoms with Crippen molar-refractivity contribution in [3.63, 3.8) is 0 Å². The summed E-state index contributed by atoms with van der Waals surface area (Å²) in [6.07, 6.45) is 14.1. The van der Waals surface area contributed by atoms with Gasteiger partial charge in [-0.2, -0.15) is 0 Å². The third-order valence-electron chi connectivity index (χ3n) is 4.89. The van der Waals surface area contributed by atoms with Crippen molar-refractivity contribution in [2.45, 2.75) is 89.2 Å². The van der Waals surface area contributed by atoms with Crippen LogP contribution >= 0.6 is 0 Å². The van der Waals surface area contributed by atoms with Gasteiger partial charge in [0.25, 0.3) is 0 Å². The molecular weight excluding hydrogens is 222 g/mol. The van der Waals surface area contributed by atoms with E-state index in [1.54, 1.807) is 0 Å². The highest BCUT2D eigenvalue weighted by Crippen LogP contribution is 2.32. The maximum atomic E-state index is 10.6. The Kier molecular flexibility index (Phi) is 5.50.